The quantitative estimate of drug-likeness (QED) is 0.712. The highest BCUT2D eigenvalue weighted by Crippen LogP contribution is 2.28. The first-order chi connectivity index (χ1) is 13.2. The first kappa shape index (κ1) is 20.3. The van der Waals surface area contributed by atoms with Crippen molar-refractivity contribution in [3.63, 3.8) is 0 Å². The van der Waals surface area contributed by atoms with E-state index in [1.54, 1.807) is 11.7 Å². The zero-order valence-corrected chi connectivity index (χ0v) is 16.9. The standard InChI is InChI=1S/C18H24N4O5S/c1-12-15(13(2)21(3)20-12)11-18(24)19-16-10-14(4-5-17(16)23)28(25,26)22-6-8-27-9-7-22/h4-5,10,23H,6-9,11H2,1-3H3,(H,19,24). The van der Waals surface area contributed by atoms with Crippen LogP contribution in [-0.2, 0) is 33.0 Å². The summed E-state index contributed by atoms with van der Waals surface area (Å²) in [4.78, 5) is 12.5. The molecule has 1 amide bonds. The summed E-state index contributed by atoms with van der Waals surface area (Å²) in [5, 5.41) is 17.0. The lowest BCUT2D eigenvalue weighted by Crippen LogP contribution is -2.40. The number of carbonyl (C=O) groups excluding carboxylic acids is 1. The number of aromatic nitrogens is 2. The molecule has 0 spiro atoms. The van der Waals surface area contributed by atoms with Crippen molar-refractivity contribution in [1.82, 2.24) is 14.1 Å². The van der Waals surface area contributed by atoms with Crippen molar-refractivity contribution >= 4 is 21.6 Å². The van der Waals surface area contributed by atoms with Crippen molar-refractivity contribution in [2.45, 2.75) is 25.2 Å². The van der Waals surface area contributed by atoms with E-state index in [2.05, 4.69) is 10.4 Å². The highest BCUT2D eigenvalue weighted by atomic mass is 32.2. The molecule has 0 unspecified atom stereocenters. The van der Waals surface area contributed by atoms with Gasteiger partial charge in [-0.15, -0.1) is 0 Å². The molecule has 0 radical (unpaired) electrons. The Bertz CT molecular complexity index is 994. The lowest BCUT2D eigenvalue weighted by atomic mass is 10.1. The number of hydrogen-bond donors (Lipinski definition) is 2. The number of ether oxygens (including phenoxy) is 1. The van der Waals surface area contributed by atoms with Gasteiger partial charge in [0.25, 0.3) is 0 Å². The predicted molar refractivity (Wildman–Crippen MR) is 103 cm³/mol. The molecule has 1 aromatic carbocycles. The molecule has 0 saturated carbocycles. The minimum absolute atomic E-state index is 0.0104. The van der Waals surface area contributed by atoms with E-state index >= 15 is 0 Å². The monoisotopic (exact) mass is 408 g/mol. The minimum Gasteiger partial charge on any atom is -0.506 e. The topological polar surface area (TPSA) is 114 Å². The molecule has 3 rings (SSSR count). The number of phenols is 1. The fourth-order valence-corrected chi connectivity index (χ4v) is 4.57. The summed E-state index contributed by atoms with van der Waals surface area (Å²) in [7, 11) is -1.93. The molecule has 0 atom stereocenters. The van der Waals surface area contributed by atoms with Gasteiger partial charge < -0.3 is 15.2 Å². The number of amides is 1. The molecule has 0 bridgehead atoms. The molecule has 2 N–H and O–H groups in total. The van der Waals surface area contributed by atoms with E-state index in [0.29, 0.717) is 13.2 Å². The summed E-state index contributed by atoms with van der Waals surface area (Å²) in [5.41, 5.74) is 2.48. The molecule has 0 aliphatic carbocycles. The van der Waals surface area contributed by atoms with E-state index in [4.69, 9.17) is 4.74 Å². The zero-order valence-electron chi connectivity index (χ0n) is 16.1. The smallest absolute Gasteiger partial charge is 0.243 e. The number of sulfonamides is 1. The number of aromatic hydroxyl groups is 1. The second-order valence-corrected chi connectivity index (χ2v) is 8.63. The van der Waals surface area contributed by atoms with Crippen molar-refractivity contribution in [1.29, 1.82) is 0 Å². The molecule has 1 aliphatic heterocycles. The first-order valence-electron chi connectivity index (χ1n) is 8.90. The van der Waals surface area contributed by atoms with Gasteiger partial charge >= 0.3 is 0 Å². The third-order valence-electron chi connectivity index (χ3n) is 4.85. The number of benzene rings is 1. The fourth-order valence-electron chi connectivity index (χ4n) is 3.14. The van der Waals surface area contributed by atoms with Crippen LogP contribution in [0.5, 0.6) is 5.75 Å². The number of phenolic OH excluding ortho intramolecular Hbond substituents is 1. The van der Waals surface area contributed by atoms with Crippen molar-refractivity contribution < 1.29 is 23.1 Å². The van der Waals surface area contributed by atoms with Gasteiger partial charge in [-0.25, -0.2) is 8.42 Å². The molecule has 1 saturated heterocycles. The highest BCUT2D eigenvalue weighted by molar-refractivity contribution is 7.89. The molecule has 28 heavy (non-hydrogen) atoms. The van der Waals surface area contributed by atoms with Crippen LogP contribution in [-0.4, -0.2) is 59.8 Å². The van der Waals surface area contributed by atoms with Crippen LogP contribution in [0.15, 0.2) is 23.1 Å². The van der Waals surface area contributed by atoms with Crippen LogP contribution in [0.25, 0.3) is 0 Å². The summed E-state index contributed by atoms with van der Waals surface area (Å²) in [6, 6.07) is 3.87. The Morgan fingerprint density at radius 3 is 2.57 bits per heavy atom. The Kier molecular flexibility index (Phi) is 5.73. The third kappa shape index (κ3) is 4.03. The number of nitrogens with zero attached hydrogens (tertiary/aromatic N) is 3. The molecule has 152 valence electrons. The molecular weight excluding hydrogens is 384 g/mol. The van der Waals surface area contributed by atoms with Crippen molar-refractivity contribution in [3.05, 3.63) is 35.2 Å². The average molecular weight is 408 g/mol. The van der Waals surface area contributed by atoms with Crippen molar-refractivity contribution in [2.75, 3.05) is 31.6 Å². The lowest BCUT2D eigenvalue weighted by molar-refractivity contribution is -0.115. The van der Waals surface area contributed by atoms with E-state index in [0.717, 1.165) is 17.0 Å². The molecule has 2 heterocycles. The molecule has 2 aromatic rings. The Morgan fingerprint density at radius 2 is 1.96 bits per heavy atom. The normalized spacial score (nSPS) is 15.5. The Morgan fingerprint density at radius 1 is 1.29 bits per heavy atom. The fraction of sp³-hybridized carbons (Fsp3) is 0.444. The minimum atomic E-state index is -3.73. The van der Waals surface area contributed by atoms with Crippen LogP contribution in [0.4, 0.5) is 5.69 Å². The summed E-state index contributed by atoms with van der Waals surface area (Å²) >= 11 is 0. The van der Waals surface area contributed by atoms with Gasteiger partial charge in [-0.05, 0) is 32.0 Å². The summed E-state index contributed by atoms with van der Waals surface area (Å²) in [6.45, 7) is 4.91. The Labute approximate surface area is 164 Å². The van der Waals surface area contributed by atoms with Gasteiger partial charge in [0.05, 0.1) is 35.9 Å². The van der Waals surface area contributed by atoms with Gasteiger partial charge in [-0.3, -0.25) is 9.48 Å². The van der Waals surface area contributed by atoms with E-state index in [1.165, 1.54) is 22.5 Å². The Hall–Kier alpha value is -2.43. The van der Waals surface area contributed by atoms with E-state index in [1.807, 2.05) is 13.8 Å². The SMILES string of the molecule is Cc1nn(C)c(C)c1CC(=O)Nc1cc(S(=O)(=O)N2CCOCC2)ccc1O. The van der Waals surface area contributed by atoms with Crippen LogP contribution < -0.4 is 5.32 Å². The number of nitrogens with one attached hydrogen (secondary N) is 1. The van der Waals surface area contributed by atoms with Crippen LogP contribution in [0.2, 0.25) is 0 Å². The maximum Gasteiger partial charge on any atom is 0.243 e. The van der Waals surface area contributed by atoms with Crippen molar-refractivity contribution in [3.8, 4) is 5.75 Å². The van der Waals surface area contributed by atoms with Gasteiger partial charge in [0.15, 0.2) is 0 Å². The Balaban J connectivity index is 1.80. The van der Waals surface area contributed by atoms with Gasteiger partial charge in [-0.2, -0.15) is 9.40 Å². The molecule has 1 aliphatic rings. The third-order valence-corrected chi connectivity index (χ3v) is 6.74. The number of carbonyl (C=O) groups is 1. The van der Waals surface area contributed by atoms with Crippen LogP contribution in [0.3, 0.4) is 0 Å². The number of morpholine rings is 1. The summed E-state index contributed by atoms with van der Waals surface area (Å²) in [5.74, 6) is -0.565. The molecule has 1 aromatic heterocycles. The van der Waals surface area contributed by atoms with E-state index < -0.39 is 10.0 Å². The van der Waals surface area contributed by atoms with Gasteiger partial charge in [0.1, 0.15) is 5.75 Å². The van der Waals surface area contributed by atoms with Gasteiger partial charge in [0, 0.05) is 31.4 Å². The molecule has 9 nitrogen and oxygen atoms in total. The summed E-state index contributed by atoms with van der Waals surface area (Å²) in [6.07, 6.45) is 0.0748. The van der Waals surface area contributed by atoms with Gasteiger partial charge in [0.2, 0.25) is 15.9 Å². The number of rotatable bonds is 5. The molecule has 1 fully saturated rings. The van der Waals surface area contributed by atoms with Crippen LogP contribution in [0.1, 0.15) is 17.0 Å². The van der Waals surface area contributed by atoms with Crippen LogP contribution >= 0.6 is 0 Å². The van der Waals surface area contributed by atoms with E-state index in [-0.39, 0.29) is 41.7 Å². The van der Waals surface area contributed by atoms with E-state index in [9.17, 15) is 18.3 Å². The maximum absolute atomic E-state index is 12.8. The lowest BCUT2D eigenvalue weighted by Gasteiger charge is -2.26. The van der Waals surface area contributed by atoms with Gasteiger partial charge in [-0.1, -0.05) is 0 Å². The highest BCUT2D eigenvalue weighted by Gasteiger charge is 2.27. The molecule has 10 heteroatoms. The average Bonchev–Trinajstić information content (AvgIpc) is 2.90. The summed E-state index contributed by atoms with van der Waals surface area (Å²) < 4.78 is 33.8. The number of anilines is 1. The number of hydrogen-bond acceptors (Lipinski definition) is 6. The first-order valence-corrected chi connectivity index (χ1v) is 10.3. The second-order valence-electron chi connectivity index (χ2n) is 6.69. The predicted octanol–water partition coefficient (Wildman–Crippen LogP) is 0.945. The second kappa shape index (κ2) is 7.90. The largest absolute Gasteiger partial charge is 0.506 e. The maximum atomic E-state index is 12.8. The van der Waals surface area contributed by atoms with Crippen LogP contribution in [0, 0.1) is 13.8 Å². The zero-order chi connectivity index (χ0) is 20.5. The molecular formula is C18H24N4O5S. The number of aryl methyl sites for hydroxylation is 2. The van der Waals surface area contributed by atoms with Crippen molar-refractivity contribution in [2.24, 2.45) is 7.05 Å².